The van der Waals surface area contributed by atoms with Gasteiger partial charge in [0.1, 0.15) is 6.54 Å². The van der Waals surface area contributed by atoms with E-state index in [2.05, 4.69) is 4.74 Å². The van der Waals surface area contributed by atoms with Gasteiger partial charge in [0.15, 0.2) is 0 Å². The van der Waals surface area contributed by atoms with E-state index < -0.39 is 16.8 Å². The van der Waals surface area contributed by atoms with Gasteiger partial charge in [0.2, 0.25) is 5.91 Å². The molecule has 0 bridgehead atoms. The van der Waals surface area contributed by atoms with E-state index in [0.717, 1.165) is 0 Å². The predicted octanol–water partition coefficient (Wildman–Crippen LogP) is 1.33. The average Bonchev–Trinajstić information content (AvgIpc) is 2.45. The lowest BCUT2D eigenvalue weighted by Crippen LogP contribution is -2.35. The SMILES string of the molecule is COC(=O)CN(C)C(=O)C(C)c1cccc([N+](=O)[O-])c1. The monoisotopic (exact) mass is 280 g/mol. The van der Waals surface area contributed by atoms with E-state index >= 15 is 0 Å². The summed E-state index contributed by atoms with van der Waals surface area (Å²) in [7, 11) is 2.72. The summed E-state index contributed by atoms with van der Waals surface area (Å²) in [5, 5.41) is 10.7. The highest BCUT2D eigenvalue weighted by Gasteiger charge is 2.22. The molecule has 0 spiro atoms. The van der Waals surface area contributed by atoms with Crippen molar-refractivity contribution in [2.75, 3.05) is 20.7 Å². The summed E-state index contributed by atoms with van der Waals surface area (Å²) in [6, 6.07) is 5.88. The Kier molecular flexibility index (Phi) is 5.19. The lowest BCUT2D eigenvalue weighted by atomic mass is 9.99. The van der Waals surface area contributed by atoms with Crippen LogP contribution < -0.4 is 0 Å². The minimum absolute atomic E-state index is 0.0715. The van der Waals surface area contributed by atoms with Crippen LogP contribution in [0.2, 0.25) is 0 Å². The van der Waals surface area contributed by atoms with Crippen LogP contribution in [0.25, 0.3) is 0 Å². The van der Waals surface area contributed by atoms with Crippen molar-refractivity contribution in [2.24, 2.45) is 0 Å². The molecule has 1 unspecified atom stereocenters. The molecule has 0 aliphatic heterocycles. The summed E-state index contributed by atoms with van der Waals surface area (Å²) in [4.78, 5) is 34.7. The largest absolute Gasteiger partial charge is 0.468 e. The first kappa shape index (κ1) is 15.6. The van der Waals surface area contributed by atoms with Gasteiger partial charge in [-0.15, -0.1) is 0 Å². The number of nitro benzene ring substituents is 1. The zero-order valence-electron chi connectivity index (χ0n) is 11.5. The topological polar surface area (TPSA) is 89.8 Å². The normalized spacial score (nSPS) is 11.6. The molecule has 1 rings (SSSR count). The zero-order valence-corrected chi connectivity index (χ0v) is 11.5. The molecule has 0 fully saturated rings. The number of methoxy groups -OCH3 is 1. The van der Waals surface area contributed by atoms with Gasteiger partial charge in [-0.25, -0.2) is 0 Å². The molecule has 0 aliphatic carbocycles. The third-order valence-corrected chi connectivity index (χ3v) is 2.92. The molecule has 7 nitrogen and oxygen atoms in total. The molecule has 1 atom stereocenters. The molecule has 0 aromatic heterocycles. The highest BCUT2D eigenvalue weighted by atomic mass is 16.6. The number of benzene rings is 1. The summed E-state index contributed by atoms with van der Waals surface area (Å²) in [6.07, 6.45) is 0. The van der Waals surface area contributed by atoms with Crippen molar-refractivity contribution in [2.45, 2.75) is 12.8 Å². The smallest absolute Gasteiger partial charge is 0.325 e. The number of hydrogen-bond donors (Lipinski definition) is 0. The Balaban J connectivity index is 2.86. The molecule has 1 amide bonds. The number of hydrogen-bond acceptors (Lipinski definition) is 5. The number of esters is 1. The van der Waals surface area contributed by atoms with Gasteiger partial charge >= 0.3 is 5.97 Å². The van der Waals surface area contributed by atoms with Gasteiger partial charge in [0, 0.05) is 19.2 Å². The van der Waals surface area contributed by atoms with Crippen molar-refractivity contribution in [1.82, 2.24) is 4.90 Å². The van der Waals surface area contributed by atoms with Crippen LogP contribution in [-0.2, 0) is 14.3 Å². The van der Waals surface area contributed by atoms with Crippen molar-refractivity contribution in [3.63, 3.8) is 0 Å². The maximum absolute atomic E-state index is 12.1. The predicted molar refractivity (Wildman–Crippen MR) is 71.2 cm³/mol. The van der Waals surface area contributed by atoms with E-state index in [1.54, 1.807) is 13.0 Å². The van der Waals surface area contributed by atoms with Gasteiger partial charge in [0.25, 0.3) is 5.69 Å². The van der Waals surface area contributed by atoms with Crippen molar-refractivity contribution < 1.29 is 19.2 Å². The van der Waals surface area contributed by atoms with Crippen LogP contribution in [0.3, 0.4) is 0 Å². The first-order valence-electron chi connectivity index (χ1n) is 5.93. The minimum atomic E-state index is -0.579. The Morgan fingerprint density at radius 3 is 2.65 bits per heavy atom. The van der Waals surface area contributed by atoms with E-state index in [0.29, 0.717) is 5.56 Å². The Labute approximate surface area is 116 Å². The third kappa shape index (κ3) is 3.78. The molecule has 0 saturated carbocycles. The van der Waals surface area contributed by atoms with Crippen LogP contribution in [0.4, 0.5) is 5.69 Å². The van der Waals surface area contributed by atoms with Crippen molar-refractivity contribution in [3.05, 3.63) is 39.9 Å². The number of nitro groups is 1. The van der Waals surface area contributed by atoms with Crippen molar-refractivity contribution >= 4 is 17.6 Å². The molecule has 0 N–H and O–H groups in total. The van der Waals surface area contributed by atoms with E-state index in [-0.39, 0.29) is 18.1 Å². The molecule has 20 heavy (non-hydrogen) atoms. The second-order valence-electron chi connectivity index (χ2n) is 4.34. The number of non-ortho nitro benzene ring substituents is 1. The fourth-order valence-corrected chi connectivity index (χ4v) is 1.72. The van der Waals surface area contributed by atoms with Gasteiger partial charge in [0.05, 0.1) is 18.0 Å². The first-order valence-corrected chi connectivity index (χ1v) is 5.93. The van der Waals surface area contributed by atoms with E-state index in [1.807, 2.05) is 0 Å². The van der Waals surface area contributed by atoms with Crippen LogP contribution in [-0.4, -0.2) is 42.4 Å². The summed E-state index contributed by atoms with van der Waals surface area (Å²) in [6.45, 7) is 1.48. The number of nitrogens with zero attached hydrogens (tertiary/aromatic N) is 2. The van der Waals surface area contributed by atoms with Crippen LogP contribution in [0.1, 0.15) is 18.4 Å². The molecular formula is C13H16N2O5. The molecule has 0 aliphatic rings. The highest BCUT2D eigenvalue weighted by molar-refractivity contribution is 5.86. The van der Waals surface area contributed by atoms with Crippen molar-refractivity contribution in [3.8, 4) is 0 Å². The fourth-order valence-electron chi connectivity index (χ4n) is 1.72. The van der Waals surface area contributed by atoms with Gasteiger partial charge in [-0.3, -0.25) is 19.7 Å². The quantitative estimate of drug-likeness (QED) is 0.461. The molecule has 108 valence electrons. The van der Waals surface area contributed by atoms with Crippen LogP contribution >= 0.6 is 0 Å². The number of rotatable bonds is 5. The summed E-state index contributed by atoms with van der Waals surface area (Å²) in [5.41, 5.74) is 0.457. The molecule has 1 aromatic carbocycles. The Morgan fingerprint density at radius 1 is 1.45 bits per heavy atom. The lowest BCUT2D eigenvalue weighted by molar-refractivity contribution is -0.384. The fraction of sp³-hybridized carbons (Fsp3) is 0.385. The van der Waals surface area contributed by atoms with Gasteiger partial charge in [-0.2, -0.15) is 0 Å². The lowest BCUT2D eigenvalue weighted by Gasteiger charge is -2.20. The van der Waals surface area contributed by atoms with E-state index in [1.165, 1.54) is 37.3 Å². The maximum Gasteiger partial charge on any atom is 0.325 e. The van der Waals surface area contributed by atoms with Gasteiger partial charge in [-0.05, 0) is 12.5 Å². The number of carbonyl (C=O) groups is 2. The highest BCUT2D eigenvalue weighted by Crippen LogP contribution is 2.22. The zero-order chi connectivity index (χ0) is 15.3. The van der Waals surface area contributed by atoms with E-state index in [4.69, 9.17) is 0 Å². The Morgan fingerprint density at radius 2 is 2.10 bits per heavy atom. The second-order valence-corrected chi connectivity index (χ2v) is 4.34. The molecule has 7 heteroatoms. The molecule has 1 aromatic rings. The summed E-state index contributed by atoms with van der Waals surface area (Å²) in [5.74, 6) is -1.41. The number of amides is 1. The van der Waals surface area contributed by atoms with Crippen molar-refractivity contribution in [1.29, 1.82) is 0 Å². The van der Waals surface area contributed by atoms with E-state index in [9.17, 15) is 19.7 Å². The molecule has 0 heterocycles. The average molecular weight is 280 g/mol. The first-order chi connectivity index (χ1) is 9.36. The molecule has 0 saturated heterocycles. The standard InChI is InChI=1S/C13H16N2O5/c1-9(13(17)14(2)8-12(16)20-3)10-5-4-6-11(7-10)15(18)19/h4-7,9H,8H2,1-3H3. The number of carbonyl (C=O) groups excluding carboxylic acids is 2. The Hall–Kier alpha value is -2.44. The minimum Gasteiger partial charge on any atom is -0.468 e. The molecular weight excluding hydrogens is 264 g/mol. The molecule has 0 radical (unpaired) electrons. The summed E-state index contributed by atoms with van der Waals surface area (Å²) >= 11 is 0. The van der Waals surface area contributed by atoms with Gasteiger partial charge in [-0.1, -0.05) is 12.1 Å². The van der Waals surface area contributed by atoms with Crippen LogP contribution in [0, 0.1) is 10.1 Å². The van der Waals surface area contributed by atoms with Crippen LogP contribution in [0.5, 0.6) is 0 Å². The van der Waals surface area contributed by atoms with Crippen LogP contribution in [0.15, 0.2) is 24.3 Å². The van der Waals surface area contributed by atoms with Gasteiger partial charge < -0.3 is 9.64 Å². The summed E-state index contributed by atoms with van der Waals surface area (Å²) < 4.78 is 4.48. The second kappa shape index (κ2) is 6.65. The number of likely N-dealkylation sites (N-methyl/N-ethyl adjacent to an activating group) is 1. The third-order valence-electron chi connectivity index (χ3n) is 2.92. The maximum atomic E-state index is 12.1. The number of ether oxygens (including phenoxy) is 1. The Bertz CT molecular complexity index is 529.